The molecule has 0 unspecified atom stereocenters. The maximum atomic E-state index is 12.4. The van der Waals surface area contributed by atoms with E-state index in [1.165, 1.54) is 31.4 Å². The van der Waals surface area contributed by atoms with Gasteiger partial charge in [0.05, 0.1) is 17.6 Å². The van der Waals surface area contributed by atoms with E-state index in [2.05, 4.69) is 4.90 Å². The number of esters is 2. The van der Waals surface area contributed by atoms with Gasteiger partial charge in [-0.1, -0.05) is 6.07 Å². The molecular weight excluding hydrogens is 328 g/mol. The number of benzene rings is 1. The number of methoxy groups -OCH3 is 1. The van der Waals surface area contributed by atoms with E-state index in [1.54, 1.807) is 0 Å². The molecule has 0 amide bonds. The Morgan fingerprint density at radius 3 is 2.76 bits per heavy atom. The minimum Gasteiger partial charge on any atom is -0.469 e. The molecule has 8 heteroatoms. The van der Waals surface area contributed by atoms with Crippen molar-refractivity contribution in [1.29, 1.82) is 0 Å². The first-order valence-corrected chi connectivity index (χ1v) is 8.17. The van der Waals surface area contributed by atoms with Crippen LogP contribution >= 0.6 is 0 Å². The van der Waals surface area contributed by atoms with Gasteiger partial charge in [0.15, 0.2) is 0 Å². The molecule has 0 aliphatic carbocycles. The molecule has 134 valence electrons. The Bertz CT molecular complexity index is 706. The molecule has 0 spiro atoms. The third-order valence-corrected chi connectivity index (χ3v) is 5.24. The van der Waals surface area contributed by atoms with Crippen LogP contribution in [0, 0.1) is 16.0 Å². The zero-order valence-corrected chi connectivity index (χ0v) is 14.1. The molecule has 25 heavy (non-hydrogen) atoms. The van der Waals surface area contributed by atoms with Crippen LogP contribution in [0.5, 0.6) is 0 Å². The highest BCUT2D eigenvalue weighted by molar-refractivity contribution is 5.90. The van der Waals surface area contributed by atoms with Gasteiger partial charge in [-0.2, -0.15) is 0 Å². The fraction of sp³-hybridized carbons (Fsp3) is 0.529. The van der Waals surface area contributed by atoms with Gasteiger partial charge < -0.3 is 9.47 Å². The highest BCUT2D eigenvalue weighted by Crippen LogP contribution is 2.40. The minimum absolute atomic E-state index is 0.0193. The lowest BCUT2D eigenvalue weighted by atomic mass is 9.87. The number of nitro groups is 1. The SMILES string of the molecule is COC(=O)[C@H]1[C@@H](OC(=O)c2cccc([N+](=O)[O-])c2)C[C@@H]2CC[C@H]1N2C. The molecule has 0 saturated carbocycles. The van der Waals surface area contributed by atoms with Crippen molar-refractivity contribution in [1.82, 2.24) is 4.90 Å². The van der Waals surface area contributed by atoms with Crippen molar-refractivity contribution in [3.05, 3.63) is 39.9 Å². The van der Waals surface area contributed by atoms with Gasteiger partial charge in [0.25, 0.3) is 5.69 Å². The smallest absolute Gasteiger partial charge is 0.338 e. The Morgan fingerprint density at radius 2 is 2.08 bits per heavy atom. The van der Waals surface area contributed by atoms with Crippen molar-refractivity contribution in [3.8, 4) is 0 Å². The van der Waals surface area contributed by atoms with E-state index < -0.39 is 28.9 Å². The van der Waals surface area contributed by atoms with Gasteiger partial charge in [0.2, 0.25) is 0 Å². The number of ether oxygens (including phenoxy) is 2. The van der Waals surface area contributed by atoms with Gasteiger partial charge in [-0.3, -0.25) is 19.8 Å². The lowest BCUT2D eigenvalue weighted by molar-refractivity contribution is -0.384. The van der Waals surface area contributed by atoms with E-state index in [-0.39, 0.29) is 23.3 Å². The summed E-state index contributed by atoms with van der Waals surface area (Å²) in [5, 5.41) is 10.9. The molecule has 2 aliphatic heterocycles. The van der Waals surface area contributed by atoms with Crippen LogP contribution < -0.4 is 0 Å². The van der Waals surface area contributed by atoms with Gasteiger partial charge in [0, 0.05) is 30.6 Å². The average Bonchev–Trinajstić information content (AvgIpc) is 2.84. The molecule has 0 aromatic heterocycles. The van der Waals surface area contributed by atoms with Crippen LogP contribution in [0.4, 0.5) is 5.69 Å². The number of rotatable bonds is 4. The number of fused-ring (bicyclic) bond motifs is 2. The molecule has 2 heterocycles. The topological polar surface area (TPSA) is 99.0 Å². The minimum atomic E-state index is -0.661. The van der Waals surface area contributed by atoms with Crippen LogP contribution in [-0.2, 0) is 14.3 Å². The van der Waals surface area contributed by atoms with Crippen molar-refractivity contribution < 1.29 is 24.0 Å². The van der Waals surface area contributed by atoms with Gasteiger partial charge in [-0.15, -0.1) is 0 Å². The molecule has 2 fully saturated rings. The maximum absolute atomic E-state index is 12.4. The molecule has 8 nitrogen and oxygen atoms in total. The molecule has 2 saturated heterocycles. The maximum Gasteiger partial charge on any atom is 0.338 e. The molecule has 0 radical (unpaired) electrons. The summed E-state index contributed by atoms with van der Waals surface area (Å²) in [4.78, 5) is 37.1. The number of carbonyl (C=O) groups is 2. The molecule has 1 aromatic carbocycles. The Labute approximate surface area is 144 Å². The van der Waals surface area contributed by atoms with Crippen LogP contribution in [0.2, 0.25) is 0 Å². The number of non-ortho nitro benzene ring substituents is 1. The van der Waals surface area contributed by atoms with Crippen LogP contribution in [0.25, 0.3) is 0 Å². The summed E-state index contributed by atoms with van der Waals surface area (Å²) >= 11 is 0. The summed E-state index contributed by atoms with van der Waals surface area (Å²) in [6.45, 7) is 0. The van der Waals surface area contributed by atoms with E-state index in [0.29, 0.717) is 6.42 Å². The highest BCUT2D eigenvalue weighted by atomic mass is 16.6. The second-order valence-corrected chi connectivity index (χ2v) is 6.50. The van der Waals surface area contributed by atoms with E-state index in [0.717, 1.165) is 12.8 Å². The number of nitro benzene ring substituents is 1. The first kappa shape index (κ1) is 17.3. The average molecular weight is 348 g/mol. The Hall–Kier alpha value is -2.48. The summed E-state index contributed by atoms with van der Waals surface area (Å²) in [5.41, 5.74) is -0.0773. The third-order valence-electron chi connectivity index (χ3n) is 5.24. The van der Waals surface area contributed by atoms with E-state index in [4.69, 9.17) is 9.47 Å². The molecule has 0 N–H and O–H groups in total. The first-order valence-electron chi connectivity index (χ1n) is 8.17. The van der Waals surface area contributed by atoms with Gasteiger partial charge in [-0.05, 0) is 26.0 Å². The molecule has 3 rings (SSSR count). The molecule has 2 bridgehead atoms. The molecule has 1 aromatic rings. The fourth-order valence-electron chi connectivity index (χ4n) is 3.94. The predicted molar refractivity (Wildman–Crippen MR) is 87.0 cm³/mol. The van der Waals surface area contributed by atoms with E-state index in [1.807, 2.05) is 7.05 Å². The largest absolute Gasteiger partial charge is 0.469 e. The normalized spacial score (nSPS) is 28.4. The second kappa shape index (κ2) is 6.79. The lowest BCUT2D eigenvalue weighted by Gasteiger charge is -2.40. The van der Waals surface area contributed by atoms with Crippen molar-refractivity contribution in [2.45, 2.75) is 37.5 Å². The van der Waals surface area contributed by atoms with Gasteiger partial charge in [0.1, 0.15) is 12.0 Å². The Balaban J connectivity index is 1.80. The zero-order chi connectivity index (χ0) is 18.1. The molecule has 2 aliphatic rings. The van der Waals surface area contributed by atoms with Crippen molar-refractivity contribution in [2.75, 3.05) is 14.2 Å². The van der Waals surface area contributed by atoms with Gasteiger partial charge >= 0.3 is 11.9 Å². The van der Waals surface area contributed by atoms with Crippen LogP contribution in [0.15, 0.2) is 24.3 Å². The number of piperidine rings is 1. The number of nitrogens with zero attached hydrogens (tertiary/aromatic N) is 2. The monoisotopic (exact) mass is 348 g/mol. The molecular formula is C17H20N2O6. The van der Waals surface area contributed by atoms with Crippen molar-refractivity contribution in [3.63, 3.8) is 0 Å². The summed E-state index contributed by atoms with van der Waals surface area (Å²) in [6.07, 6.45) is 1.76. The van der Waals surface area contributed by atoms with E-state index >= 15 is 0 Å². The van der Waals surface area contributed by atoms with Crippen LogP contribution in [-0.4, -0.2) is 54.1 Å². The van der Waals surface area contributed by atoms with Crippen molar-refractivity contribution in [2.24, 2.45) is 5.92 Å². The lowest BCUT2D eigenvalue weighted by Crippen LogP contribution is -2.53. The number of hydrogen-bond donors (Lipinski definition) is 0. The number of carbonyl (C=O) groups excluding carboxylic acids is 2. The first-order chi connectivity index (χ1) is 11.9. The highest BCUT2D eigenvalue weighted by Gasteiger charge is 2.51. The fourth-order valence-corrected chi connectivity index (χ4v) is 3.94. The van der Waals surface area contributed by atoms with E-state index in [9.17, 15) is 19.7 Å². The van der Waals surface area contributed by atoms with Crippen LogP contribution in [0.1, 0.15) is 29.6 Å². The van der Waals surface area contributed by atoms with Crippen molar-refractivity contribution >= 4 is 17.6 Å². The van der Waals surface area contributed by atoms with Crippen LogP contribution in [0.3, 0.4) is 0 Å². The summed E-state index contributed by atoms with van der Waals surface area (Å²) < 4.78 is 10.5. The quantitative estimate of drug-likeness (QED) is 0.464. The number of hydrogen-bond acceptors (Lipinski definition) is 7. The standard InChI is InChI=1S/C17H20N2O6/c1-18-11-6-7-13(18)15(17(21)24-2)14(9-11)25-16(20)10-4-3-5-12(8-10)19(22)23/h3-5,8,11,13-15H,6-7,9H2,1-2H3/t11-,13+,14-,15+/m0/s1. The summed E-state index contributed by atoms with van der Waals surface area (Å²) in [5.74, 6) is -1.60. The Morgan fingerprint density at radius 1 is 1.32 bits per heavy atom. The third kappa shape index (κ3) is 3.21. The predicted octanol–water partition coefficient (Wildman–Crippen LogP) is 1.78. The summed E-state index contributed by atoms with van der Waals surface area (Å²) in [7, 11) is 3.29. The summed E-state index contributed by atoms with van der Waals surface area (Å²) in [6, 6.07) is 5.63. The molecule has 4 atom stereocenters. The Kier molecular flexibility index (Phi) is 4.71. The van der Waals surface area contributed by atoms with Gasteiger partial charge in [-0.25, -0.2) is 4.79 Å². The second-order valence-electron chi connectivity index (χ2n) is 6.50. The zero-order valence-electron chi connectivity index (χ0n) is 14.1.